The van der Waals surface area contributed by atoms with Gasteiger partial charge in [0.15, 0.2) is 5.96 Å². The fourth-order valence-electron chi connectivity index (χ4n) is 2.44. The molecular formula is C16H26IN5. The molecule has 2 heterocycles. The van der Waals surface area contributed by atoms with Crippen molar-refractivity contribution >= 4 is 35.8 Å². The fourth-order valence-corrected chi connectivity index (χ4v) is 2.44. The van der Waals surface area contributed by atoms with Gasteiger partial charge in [-0.1, -0.05) is 6.08 Å². The van der Waals surface area contributed by atoms with E-state index >= 15 is 0 Å². The molecule has 5 nitrogen and oxygen atoms in total. The first-order valence-corrected chi connectivity index (χ1v) is 7.59. The summed E-state index contributed by atoms with van der Waals surface area (Å²) in [4.78, 5) is 11.0. The molecule has 1 aromatic rings. The van der Waals surface area contributed by atoms with Crippen LogP contribution in [-0.4, -0.2) is 37.6 Å². The van der Waals surface area contributed by atoms with Gasteiger partial charge < -0.3 is 15.5 Å². The van der Waals surface area contributed by atoms with Crippen molar-refractivity contribution in [1.82, 2.24) is 15.6 Å². The van der Waals surface area contributed by atoms with Gasteiger partial charge in [0.2, 0.25) is 0 Å². The Hall–Kier alpha value is -1.31. The number of nitrogens with one attached hydrogen (secondary N) is 2. The van der Waals surface area contributed by atoms with Crippen molar-refractivity contribution in [3.63, 3.8) is 0 Å². The molecule has 0 unspecified atom stereocenters. The Kier molecular flexibility index (Phi) is 8.88. The van der Waals surface area contributed by atoms with Crippen LogP contribution in [0.25, 0.3) is 0 Å². The van der Waals surface area contributed by atoms with E-state index in [0.717, 1.165) is 31.4 Å². The Morgan fingerprint density at radius 3 is 2.82 bits per heavy atom. The van der Waals surface area contributed by atoms with Crippen LogP contribution in [0.3, 0.4) is 0 Å². The van der Waals surface area contributed by atoms with Gasteiger partial charge in [0.05, 0.1) is 0 Å². The van der Waals surface area contributed by atoms with Crippen molar-refractivity contribution < 1.29 is 0 Å². The van der Waals surface area contributed by atoms with Crippen LogP contribution in [0.15, 0.2) is 36.0 Å². The lowest BCUT2D eigenvalue weighted by atomic mass is 10.1. The van der Waals surface area contributed by atoms with Crippen LogP contribution in [0, 0.1) is 0 Å². The minimum absolute atomic E-state index is 0. The molecule has 1 aliphatic rings. The molecule has 1 saturated heterocycles. The van der Waals surface area contributed by atoms with E-state index in [0.29, 0.717) is 6.54 Å². The van der Waals surface area contributed by atoms with E-state index < -0.39 is 0 Å². The number of rotatable bonds is 5. The second-order valence-electron chi connectivity index (χ2n) is 5.17. The molecule has 2 N–H and O–H groups in total. The van der Waals surface area contributed by atoms with Gasteiger partial charge in [-0.05, 0) is 37.0 Å². The molecule has 122 valence electrons. The van der Waals surface area contributed by atoms with Gasteiger partial charge in [-0.2, -0.15) is 0 Å². The molecule has 0 bridgehead atoms. The van der Waals surface area contributed by atoms with Crippen molar-refractivity contribution in [2.24, 2.45) is 4.99 Å². The Morgan fingerprint density at radius 2 is 2.14 bits per heavy atom. The second-order valence-corrected chi connectivity index (χ2v) is 5.17. The van der Waals surface area contributed by atoms with E-state index in [1.807, 2.05) is 18.3 Å². The summed E-state index contributed by atoms with van der Waals surface area (Å²) >= 11 is 0. The first-order valence-electron chi connectivity index (χ1n) is 7.59. The molecule has 6 heteroatoms. The third kappa shape index (κ3) is 5.82. The topological polar surface area (TPSA) is 52.6 Å². The average molecular weight is 415 g/mol. The number of nitrogens with zero attached hydrogens (tertiary/aromatic N) is 3. The van der Waals surface area contributed by atoms with Crippen molar-refractivity contribution in [2.45, 2.75) is 25.8 Å². The Morgan fingerprint density at radius 1 is 1.36 bits per heavy atom. The standard InChI is InChI=1S/C16H25N5.HI/c1-3-8-19-16(17-2)20-13-14-7-9-18-15(12-14)21-10-5-4-6-11-21;/h3,7,9,12H,1,4-6,8,10-11,13H2,2H3,(H2,17,19,20);1H. The quantitative estimate of drug-likeness (QED) is 0.336. The summed E-state index contributed by atoms with van der Waals surface area (Å²) in [5, 5.41) is 6.46. The lowest BCUT2D eigenvalue weighted by molar-refractivity contribution is 0.573. The van der Waals surface area contributed by atoms with Gasteiger partial charge in [-0.25, -0.2) is 4.98 Å². The number of halogens is 1. The molecule has 0 radical (unpaired) electrons. The van der Waals surface area contributed by atoms with Crippen LogP contribution < -0.4 is 15.5 Å². The minimum atomic E-state index is 0. The molecular weight excluding hydrogens is 389 g/mol. The third-order valence-corrected chi connectivity index (χ3v) is 3.59. The molecule has 0 aliphatic carbocycles. The third-order valence-electron chi connectivity index (χ3n) is 3.59. The van der Waals surface area contributed by atoms with Crippen molar-refractivity contribution in [3.8, 4) is 0 Å². The van der Waals surface area contributed by atoms with Crippen LogP contribution in [0.5, 0.6) is 0 Å². The molecule has 0 amide bonds. The van der Waals surface area contributed by atoms with E-state index in [9.17, 15) is 0 Å². The molecule has 0 aromatic carbocycles. The number of guanidine groups is 1. The van der Waals surface area contributed by atoms with Crippen LogP contribution in [-0.2, 0) is 6.54 Å². The van der Waals surface area contributed by atoms with Crippen molar-refractivity contribution in [2.75, 3.05) is 31.6 Å². The summed E-state index contributed by atoms with van der Waals surface area (Å²) in [5.74, 6) is 1.87. The van der Waals surface area contributed by atoms with Gasteiger partial charge in [0.1, 0.15) is 5.82 Å². The van der Waals surface area contributed by atoms with Gasteiger partial charge in [-0.3, -0.25) is 4.99 Å². The maximum absolute atomic E-state index is 4.50. The van der Waals surface area contributed by atoms with E-state index in [1.54, 1.807) is 7.05 Å². The van der Waals surface area contributed by atoms with Crippen molar-refractivity contribution in [3.05, 3.63) is 36.5 Å². The zero-order valence-corrected chi connectivity index (χ0v) is 15.5. The molecule has 0 saturated carbocycles. The Bertz CT molecular complexity index is 483. The van der Waals surface area contributed by atoms with Gasteiger partial charge in [0.25, 0.3) is 0 Å². The highest BCUT2D eigenvalue weighted by Crippen LogP contribution is 2.18. The lowest BCUT2D eigenvalue weighted by Crippen LogP contribution is -2.36. The minimum Gasteiger partial charge on any atom is -0.357 e. The van der Waals surface area contributed by atoms with E-state index in [1.165, 1.54) is 24.8 Å². The normalized spacial score (nSPS) is 15.0. The molecule has 0 atom stereocenters. The van der Waals surface area contributed by atoms with Crippen LogP contribution in [0.2, 0.25) is 0 Å². The maximum Gasteiger partial charge on any atom is 0.191 e. The van der Waals surface area contributed by atoms with Crippen LogP contribution >= 0.6 is 24.0 Å². The molecule has 0 spiro atoms. The molecule has 1 fully saturated rings. The van der Waals surface area contributed by atoms with Gasteiger partial charge in [-0.15, -0.1) is 30.6 Å². The number of anilines is 1. The molecule has 1 aromatic heterocycles. The van der Waals surface area contributed by atoms with Gasteiger partial charge in [0, 0.05) is 39.4 Å². The fraction of sp³-hybridized carbons (Fsp3) is 0.500. The Balaban J connectivity index is 0.00000242. The van der Waals surface area contributed by atoms with Crippen LogP contribution in [0.1, 0.15) is 24.8 Å². The SMILES string of the molecule is C=CCNC(=NC)NCc1ccnc(N2CCCCC2)c1.I. The summed E-state index contributed by atoms with van der Waals surface area (Å²) in [7, 11) is 1.77. The maximum atomic E-state index is 4.50. The summed E-state index contributed by atoms with van der Waals surface area (Å²) in [5.41, 5.74) is 1.21. The highest BCUT2D eigenvalue weighted by Gasteiger charge is 2.12. The zero-order valence-electron chi connectivity index (χ0n) is 13.2. The summed E-state index contributed by atoms with van der Waals surface area (Å²) in [6.07, 6.45) is 7.57. The summed E-state index contributed by atoms with van der Waals surface area (Å²) in [6.45, 7) is 7.36. The summed E-state index contributed by atoms with van der Waals surface area (Å²) in [6, 6.07) is 4.21. The molecule has 1 aliphatic heterocycles. The predicted octanol–water partition coefficient (Wildman–Crippen LogP) is 2.54. The number of aromatic nitrogens is 1. The van der Waals surface area contributed by atoms with E-state index in [2.05, 4.69) is 38.2 Å². The largest absolute Gasteiger partial charge is 0.357 e. The van der Waals surface area contributed by atoms with Crippen LogP contribution in [0.4, 0.5) is 5.82 Å². The number of aliphatic imine (C=N–C) groups is 1. The number of pyridine rings is 1. The molecule has 22 heavy (non-hydrogen) atoms. The van der Waals surface area contributed by atoms with E-state index in [-0.39, 0.29) is 24.0 Å². The monoisotopic (exact) mass is 415 g/mol. The first kappa shape index (κ1) is 18.7. The number of hydrogen-bond donors (Lipinski definition) is 2. The highest BCUT2D eigenvalue weighted by molar-refractivity contribution is 14.0. The number of hydrogen-bond acceptors (Lipinski definition) is 3. The second kappa shape index (κ2) is 10.4. The smallest absolute Gasteiger partial charge is 0.191 e. The lowest BCUT2D eigenvalue weighted by Gasteiger charge is -2.28. The Labute approximate surface area is 150 Å². The highest BCUT2D eigenvalue weighted by atomic mass is 127. The van der Waals surface area contributed by atoms with E-state index in [4.69, 9.17) is 0 Å². The summed E-state index contributed by atoms with van der Waals surface area (Å²) < 4.78 is 0. The number of piperidine rings is 1. The molecule has 2 rings (SSSR count). The predicted molar refractivity (Wildman–Crippen MR) is 104 cm³/mol. The van der Waals surface area contributed by atoms with Gasteiger partial charge >= 0.3 is 0 Å². The average Bonchev–Trinajstić information content (AvgIpc) is 2.56. The zero-order chi connectivity index (χ0) is 14.9. The first-order chi connectivity index (χ1) is 10.3. The van der Waals surface area contributed by atoms with Crippen molar-refractivity contribution in [1.29, 1.82) is 0 Å².